The highest BCUT2D eigenvalue weighted by Crippen LogP contribution is 2.31. The summed E-state index contributed by atoms with van der Waals surface area (Å²) in [6.07, 6.45) is 0. The molecule has 0 fully saturated rings. The molecule has 0 spiro atoms. The fourth-order valence-electron chi connectivity index (χ4n) is 1.82. The predicted octanol–water partition coefficient (Wildman–Crippen LogP) is 4.21. The van der Waals surface area contributed by atoms with E-state index in [4.69, 9.17) is 23.2 Å². The van der Waals surface area contributed by atoms with Crippen LogP contribution in [0.4, 0.5) is 0 Å². The van der Waals surface area contributed by atoms with Crippen molar-refractivity contribution in [3.63, 3.8) is 0 Å². The number of carboxylic acid groups (broad SMARTS) is 1. The zero-order valence-electron chi connectivity index (χ0n) is 9.31. The Hall–Kier alpha value is -1.51. The SMILES string of the molecule is O=C(O)[C@@H](c1ccc(Cl)cc1)c1ccccc1Cl. The standard InChI is InChI=1S/C14H10Cl2O2/c15-10-7-5-9(6-8-10)13(14(17)18)11-3-1-2-4-12(11)16/h1-8,13H,(H,17,18)/t13-/m0/s1. The smallest absolute Gasteiger partial charge is 0.315 e. The molecule has 0 saturated carbocycles. The van der Waals surface area contributed by atoms with E-state index in [2.05, 4.69) is 0 Å². The molecule has 2 nitrogen and oxygen atoms in total. The number of hydrogen-bond acceptors (Lipinski definition) is 1. The number of carbonyl (C=O) groups is 1. The van der Waals surface area contributed by atoms with Gasteiger partial charge in [0.05, 0.1) is 0 Å². The van der Waals surface area contributed by atoms with Crippen molar-refractivity contribution in [3.05, 3.63) is 69.7 Å². The highest BCUT2D eigenvalue weighted by atomic mass is 35.5. The van der Waals surface area contributed by atoms with E-state index >= 15 is 0 Å². The molecule has 0 amide bonds. The lowest BCUT2D eigenvalue weighted by Gasteiger charge is -2.14. The van der Waals surface area contributed by atoms with Crippen molar-refractivity contribution in [2.75, 3.05) is 0 Å². The van der Waals surface area contributed by atoms with Gasteiger partial charge in [0.1, 0.15) is 5.92 Å². The Kier molecular flexibility index (Phi) is 3.90. The summed E-state index contributed by atoms with van der Waals surface area (Å²) in [4.78, 5) is 11.4. The van der Waals surface area contributed by atoms with Crippen molar-refractivity contribution in [2.45, 2.75) is 5.92 Å². The first-order chi connectivity index (χ1) is 8.59. The first kappa shape index (κ1) is 12.9. The van der Waals surface area contributed by atoms with Crippen LogP contribution in [0, 0.1) is 0 Å². The van der Waals surface area contributed by atoms with Gasteiger partial charge < -0.3 is 5.11 Å². The Morgan fingerprint density at radius 2 is 1.61 bits per heavy atom. The first-order valence-corrected chi connectivity index (χ1v) is 6.08. The summed E-state index contributed by atoms with van der Waals surface area (Å²) in [6, 6.07) is 13.7. The summed E-state index contributed by atoms with van der Waals surface area (Å²) >= 11 is 11.9. The molecule has 0 aliphatic heterocycles. The maximum atomic E-state index is 11.4. The Bertz CT molecular complexity index is 564. The molecule has 1 N–H and O–H groups in total. The number of aliphatic carboxylic acids is 1. The van der Waals surface area contributed by atoms with E-state index in [1.807, 2.05) is 0 Å². The minimum atomic E-state index is -0.939. The Morgan fingerprint density at radius 1 is 1.00 bits per heavy atom. The molecule has 92 valence electrons. The molecule has 0 radical (unpaired) electrons. The van der Waals surface area contributed by atoms with Gasteiger partial charge in [0.15, 0.2) is 0 Å². The fourth-order valence-corrected chi connectivity index (χ4v) is 2.19. The molecule has 0 bridgehead atoms. The summed E-state index contributed by atoms with van der Waals surface area (Å²) < 4.78 is 0. The van der Waals surface area contributed by atoms with Crippen LogP contribution in [0.5, 0.6) is 0 Å². The van der Waals surface area contributed by atoms with Crippen LogP contribution in [0.15, 0.2) is 48.5 Å². The summed E-state index contributed by atoms with van der Waals surface area (Å²) in [7, 11) is 0. The first-order valence-electron chi connectivity index (χ1n) is 5.32. The molecular formula is C14H10Cl2O2. The van der Waals surface area contributed by atoms with Gasteiger partial charge in [-0.15, -0.1) is 0 Å². The van der Waals surface area contributed by atoms with Crippen molar-refractivity contribution < 1.29 is 9.90 Å². The third-order valence-electron chi connectivity index (χ3n) is 2.67. The summed E-state index contributed by atoms with van der Waals surface area (Å²) in [5, 5.41) is 10.4. The van der Waals surface area contributed by atoms with Gasteiger partial charge in [-0.2, -0.15) is 0 Å². The van der Waals surface area contributed by atoms with E-state index in [0.717, 1.165) is 0 Å². The van der Waals surface area contributed by atoms with Gasteiger partial charge in [-0.25, -0.2) is 0 Å². The zero-order chi connectivity index (χ0) is 13.1. The predicted molar refractivity (Wildman–Crippen MR) is 72.4 cm³/mol. The van der Waals surface area contributed by atoms with Crippen LogP contribution in [0.25, 0.3) is 0 Å². The second-order valence-electron chi connectivity index (χ2n) is 3.84. The molecule has 0 unspecified atom stereocenters. The van der Waals surface area contributed by atoms with Gasteiger partial charge in [-0.05, 0) is 29.3 Å². The third kappa shape index (κ3) is 2.66. The highest BCUT2D eigenvalue weighted by molar-refractivity contribution is 6.31. The van der Waals surface area contributed by atoms with Gasteiger partial charge in [-0.3, -0.25) is 4.79 Å². The van der Waals surface area contributed by atoms with Crippen molar-refractivity contribution in [1.29, 1.82) is 0 Å². The summed E-state index contributed by atoms with van der Waals surface area (Å²) in [5.74, 6) is -1.72. The average molecular weight is 281 g/mol. The van der Waals surface area contributed by atoms with Crippen LogP contribution in [0.1, 0.15) is 17.0 Å². The van der Waals surface area contributed by atoms with Crippen LogP contribution < -0.4 is 0 Å². The Labute approximate surface area is 115 Å². The van der Waals surface area contributed by atoms with E-state index in [9.17, 15) is 9.90 Å². The van der Waals surface area contributed by atoms with E-state index < -0.39 is 11.9 Å². The summed E-state index contributed by atoms with van der Waals surface area (Å²) in [6.45, 7) is 0. The lowest BCUT2D eigenvalue weighted by Crippen LogP contribution is -2.13. The van der Waals surface area contributed by atoms with E-state index in [1.165, 1.54) is 0 Å². The number of halogens is 2. The molecule has 2 rings (SSSR count). The van der Waals surface area contributed by atoms with Crippen molar-refractivity contribution >= 4 is 29.2 Å². The Morgan fingerprint density at radius 3 is 2.17 bits per heavy atom. The van der Waals surface area contributed by atoms with Gasteiger partial charge >= 0.3 is 5.97 Å². The highest BCUT2D eigenvalue weighted by Gasteiger charge is 2.23. The van der Waals surface area contributed by atoms with Crippen molar-refractivity contribution in [2.24, 2.45) is 0 Å². The topological polar surface area (TPSA) is 37.3 Å². The number of rotatable bonds is 3. The maximum absolute atomic E-state index is 11.4. The van der Waals surface area contributed by atoms with Gasteiger partial charge in [0.2, 0.25) is 0 Å². The lowest BCUT2D eigenvalue weighted by molar-refractivity contribution is -0.137. The molecule has 4 heteroatoms. The molecule has 0 aliphatic rings. The fraction of sp³-hybridized carbons (Fsp3) is 0.0714. The van der Waals surface area contributed by atoms with Crippen molar-refractivity contribution in [1.82, 2.24) is 0 Å². The minimum Gasteiger partial charge on any atom is -0.481 e. The lowest BCUT2D eigenvalue weighted by atomic mass is 9.91. The van der Waals surface area contributed by atoms with Gasteiger partial charge in [-0.1, -0.05) is 53.5 Å². The van der Waals surface area contributed by atoms with E-state index in [1.54, 1.807) is 48.5 Å². The monoisotopic (exact) mass is 280 g/mol. The molecule has 1 atom stereocenters. The molecular weight excluding hydrogens is 271 g/mol. The number of benzene rings is 2. The zero-order valence-corrected chi connectivity index (χ0v) is 10.8. The quantitative estimate of drug-likeness (QED) is 0.915. The van der Waals surface area contributed by atoms with Crippen LogP contribution in [0.3, 0.4) is 0 Å². The maximum Gasteiger partial charge on any atom is 0.315 e. The van der Waals surface area contributed by atoms with Crippen LogP contribution in [-0.2, 0) is 4.79 Å². The molecule has 0 saturated heterocycles. The molecule has 0 aliphatic carbocycles. The largest absolute Gasteiger partial charge is 0.481 e. The van der Waals surface area contributed by atoms with E-state index in [-0.39, 0.29) is 0 Å². The number of carboxylic acids is 1. The normalized spacial score (nSPS) is 12.1. The molecule has 2 aromatic rings. The second-order valence-corrected chi connectivity index (χ2v) is 4.69. The van der Waals surface area contributed by atoms with Crippen molar-refractivity contribution in [3.8, 4) is 0 Å². The molecule has 2 aromatic carbocycles. The van der Waals surface area contributed by atoms with Crippen LogP contribution >= 0.6 is 23.2 Å². The average Bonchev–Trinajstić information content (AvgIpc) is 2.34. The minimum absolute atomic E-state index is 0.444. The third-order valence-corrected chi connectivity index (χ3v) is 3.26. The van der Waals surface area contributed by atoms with Crippen LogP contribution in [0.2, 0.25) is 10.0 Å². The molecule has 0 heterocycles. The van der Waals surface area contributed by atoms with E-state index in [0.29, 0.717) is 21.2 Å². The molecule has 18 heavy (non-hydrogen) atoms. The van der Waals surface area contributed by atoms with Gasteiger partial charge in [0, 0.05) is 10.0 Å². The molecule has 0 aromatic heterocycles. The number of hydrogen-bond donors (Lipinski definition) is 1. The Balaban J connectivity index is 2.50. The summed E-state index contributed by atoms with van der Waals surface area (Å²) in [5.41, 5.74) is 1.23. The van der Waals surface area contributed by atoms with Crippen LogP contribution in [-0.4, -0.2) is 11.1 Å². The van der Waals surface area contributed by atoms with Gasteiger partial charge in [0.25, 0.3) is 0 Å². The second kappa shape index (κ2) is 5.42.